The third-order valence-electron chi connectivity index (χ3n) is 6.62. The Morgan fingerprint density at radius 2 is 1.43 bits per heavy atom. The van der Waals surface area contributed by atoms with Gasteiger partial charge in [0.1, 0.15) is 10.6 Å². The smallest absolute Gasteiger partial charge is 0.399 e. The van der Waals surface area contributed by atoms with Gasteiger partial charge in [0.25, 0.3) is 10.1 Å². The van der Waals surface area contributed by atoms with Gasteiger partial charge in [0.15, 0.2) is 0 Å². The fourth-order valence-corrected chi connectivity index (χ4v) is 5.36. The zero-order valence-corrected chi connectivity index (χ0v) is 23.7. The number of aryl methyl sites for hydroxylation is 2. The summed E-state index contributed by atoms with van der Waals surface area (Å²) in [6, 6.07) is 17.7. The molecule has 220 valence electrons. The molecule has 1 amide bonds. The summed E-state index contributed by atoms with van der Waals surface area (Å²) in [5.41, 5.74) is 10.2. The lowest BCUT2D eigenvalue weighted by Crippen LogP contribution is -2.30. The van der Waals surface area contributed by atoms with Crippen LogP contribution >= 0.6 is 0 Å². The summed E-state index contributed by atoms with van der Waals surface area (Å²) < 4.78 is 73.7. The molecule has 0 aliphatic heterocycles. The predicted octanol–water partition coefficient (Wildman–Crippen LogP) is 8.16. The molecular formula is C30H29F3N4O4S. The second kappa shape index (κ2) is 12.3. The van der Waals surface area contributed by atoms with Gasteiger partial charge in [0.2, 0.25) is 0 Å². The maximum atomic E-state index is 13.2. The second-order valence-electron chi connectivity index (χ2n) is 9.70. The first-order valence-corrected chi connectivity index (χ1v) is 14.6. The molecule has 4 aromatic carbocycles. The number of halogens is 3. The summed E-state index contributed by atoms with van der Waals surface area (Å²) in [6.45, 7) is 4.04. The Bertz CT molecular complexity index is 1790. The molecule has 4 aromatic rings. The van der Waals surface area contributed by atoms with Crippen molar-refractivity contribution in [1.29, 1.82) is 0 Å². The monoisotopic (exact) mass is 598 g/mol. The lowest BCUT2D eigenvalue weighted by atomic mass is 9.96. The van der Waals surface area contributed by atoms with E-state index in [9.17, 15) is 30.9 Å². The van der Waals surface area contributed by atoms with Crippen molar-refractivity contribution >= 4 is 49.5 Å². The highest BCUT2D eigenvalue weighted by atomic mass is 32.2. The third-order valence-corrected chi connectivity index (χ3v) is 7.51. The Morgan fingerprint density at radius 3 is 2.05 bits per heavy atom. The number of nitrogens with one attached hydrogen (secondary N) is 1. The number of azo groups is 1. The number of amides is 1. The van der Waals surface area contributed by atoms with Crippen molar-refractivity contribution < 1.29 is 30.9 Å². The molecule has 0 aliphatic carbocycles. The van der Waals surface area contributed by atoms with E-state index in [0.717, 1.165) is 47.6 Å². The van der Waals surface area contributed by atoms with Crippen LogP contribution in [0.3, 0.4) is 0 Å². The molecule has 12 heteroatoms. The van der Waals surface area contributed by atoms with E-state index in [4.69, 9.17) is 5.73 Å². The molecule has 0 atom stereocenters. The number of carbonyl (C=O) groups excluding carboxylic acids is 1. The number of rotatable bonds is 9. The highest BCUT2D eigenvalue weighted by Crippen LogP contribution is 2.40. The summed E-state index contributed by atoms with van der Waals surface area (Å²) in [7, 11) is -4.82. The fraction of sp³-hybridized carbons (Fsp3) is 0.233. The van der Waals surface area contributed by atoms with Crippen LogP contribution in [-0.4, -0.2) is 25.1 Å². The van der Waals surface area contributed by atoms with Crippen molar-refractivity contribution in [3.8, 4) is 11.1 Å². The van der Waals surface area contributed by atoms with Gasteiger partial charge in [-0.25, -0.2) is 0 Å². The molecule has 0 saturated heterocycles. The quantitative estimate of drug-likeness (QED) is 0.102. The Balaban J connectivity index is 1.85. The van der Waals surface area contributed by atoms with E-state index in [-0.39, 0.29) is 16.5 Å². The van der Waals surface area contributed by atoms with Crippen LogP contribution in [0.1, 0.15) is 37.8 Å². The van der Waals surface area contributed by atoms with Crippen LogP contribution in [0.25, 0.3) is 21.9 Å². The van der Waals surface area contributed by atoms with Gasteiger partial charge in [-0.15, -0.1) is 5.11 Å². The van der Waals surface area contributed by atoms with Crippen molar-refractivity contribution in [2.24, 2.45) is 10.2 Å². The standard InChI is InChI=1S/C30H29F3N4O4S/c1-3-7-20-15-18(11-13-24(20)34)19-12-14-25(21(16-19)8-4-2)36-37-26-17-27(42(39,40)41)22-9-5-6-10-23(22)28(26)35-29(38)30(31,32)33/h5-6,9-17H,3-4,7-8,34H2,1-2H3,(H,35,38)(H,39,40,41)/b37-36+. The molecule has 0 unspecified atom stereocenters. The molecule has 8 nitrogen and oxygen atoms in total. The number of carbonyl (C=O) groups is 1. The molecular weight excluding hydrogens is 569 g/mol. The minimum Gasteiger partial charge on any atom is -0.399 e. The van der Waals surface area contributed by atoms with E-state index in [2.05, 4.69) is 17.2 Å². The molecule has 0 saturated carbocycles. The maximum Gasteiger partial charge on any atom is 0.471 e. The van der Waals surface area contributed by atoms with Crippen LogP contribution < -0.4 is 11.1 Å². The van der Waals surface area contributed by atoms with Gasteiger partial charge < -0.3 is 11.1 Å². The van der Waals surface area contributed by atoms with Gasteiger partial charge in [-0.1, -0.05) is 63.1 Å². The van der Waals surface area contributed by atoms with Crippen LogP contribution in [0.2, 0.25) is 0 Å². The number of anilines is 2. The molecule has 0 heterocycles. The summed E-state index contributed by atoms with van der Waals surface area (Å²) in [4.78, 5) is 11.3. The molecule has 0 radical (unpaired) electrons. The highest BCUT2D eigenvalue weighted by Gasteiger charge is 2.39. The highest BCUT2D eigenvalue weighted by molar-refractivity contribution is 7.86. The minimum atomic E-state index is -5.22. The van der Waals surface area contributed by atoms with E-state index < -0.39 is 32.8 Å². The van der Waals surface area contributed by atoms with Crippen molar-refractivity contribution in [2.75, 3.05) is 11.1 Å². The van der Waals surface area contributed by atoms with Crippen LogP contribution in [0.4, 0.5) is 35.9 Å². The lowest BCUT2D eigenvalue weighted by molar-refractivity contribution is -0.167. The van der Waals surface area contributed by atoms with Gasteiger partial charge in [-0.3, -0.25) is 9.35 Å². The zero-order valence-electron chi connectivity index (χ0n) is 22.9. The van der Waals surface area contributed by atoms with Crippen molar-refractivity contribution in [3.05, 3.63) is 77.9 Å². The molecule has 0 spiro atoms. The Hall–Kier alpha value is -4.29. The molecule has 0 aliphatic rings. The first-order chi connectivity index (χ1) is 19.8. The molecule has 0 bridgehead atoms. The summed E-state index contributed by atoms with van der Waals surface area (Å²) in [5.74, 6) is -2.27. The van der Waals surface area contributed by atoms with Crippen LogP contribution in [0.15, 0.2) is 81.9 Å². The molecule has 4 rings (SSSR count). The van der Waals surface area contributed by atoms with E-state index in [1.54, 1.807) is 11.4 Å². The van der Waals surface area contributed by atoms with Gasteiger partial charge in [0, 0.05) is 16.5 Å². The van der Waals surface area contributed by atoms with Gasteiger partial charge >= 0.3 is 12.1 Å². The van der Waals surface area contributed by atoms with E-state index in [1.165, 1.54) is 24.3 Å². The van der Waals surface area contributed by atoms with Crippen molar-refractivity contribution in [1.82, 2.24) is 0 Å². The summed E-state index contributed by atoms with van der Waals surface area (Å²) >= 11 is 0. The largest absolute Gasteiger partial charge is 0.471 e. The number of alkyl halides is 3. The Morgan fingerprint density at radius 1 is 0.857 bits per heavy atom. The Labute approximate surface area is 241 Å². The number of nitrogens with zero attached hydrogens (tertiary/aromatic N) is 2. The van der Waals surface area contributed by atoms with E-state index >= 15 is 0 Å². The fourth-order valence-electron chi connectivity index (χ4n) is 4.65. The van der Waals surface area contributed by atoms with Gasteiger partial charge in [-0.2, -0.15) is 26.7 Å². The molecule has 4 N–H and O–H groups in total. The van der Waals surface area contributed by atoms with Gasteiger partial charge in [0.05, 0.1) is 11.4 Å². The summed E-state index contributed by atoms with van der Waals surface area (Å²) in [5, 5.41) is 9.95. The van der Waals surface area contributed by atoms with Crippen molar-refractivity contribution in [2.45, 2.75) is 50.6 Å². The number of hydrogen-bond acceptors (Lipinski definition) is 6. The number of nitrogens with two attached hydrogens (primary N) is 1. The average Bonchev–Trinajstić information content (AvgIpc) is 2.93. The van der Waals surface area contributed by atoms with Crippen LogP contribution in [0, 0.1) is 0 Å². The summed E-state index contributed by atoms with van der Waals surface area (Å²) in [6.07, 6.45) is -2.10. The number of nitrogen functional groups attached to an aromatic ring is 1. The Kier molecular flexibility index (Phi) is 8.97. The normalized spacial score (nSPS) is 12.2. The average molecular weight is 599 g/mol. The minimum absolute atomic E-state index is 0.0745. The zero-order chi connectivity index (χ0) is 30.7. The molecule has 0 fully saturated rings. The SMILES string of the molecule is CCCc1cc(-c2ccc(/N=N/c3cc(S(=O)(=O)O)c4ccccc4c3NC(=O)C(F)(F)F)c(CCC)c2)ccc1N. The third kappa shape index (κ3) is 6.77. The maximum absolute atomic E-state index is 13.2. The lowest BCUT2D eigenvalue weighted by Gasteiger charge is -2.15. The van der Waals surface area contributed by atoms with Crippen LogP contribution in [0.5, 0.6) is 0 Å². The second-order valence-corrected chi connectivity index (χ2v) is 11.1. The molecule has 42 heavy (non-hydrogen) atoms. The van der Waals surface area contributed by atoms with E-state index in [1.807, 2.05) is 37.3 Å². The van der Waals surface area contributed by atoms with Crippen LogP contribution in [-0.2, 0) is 27.8 Å². The topological polar surface area (TPSA) is 134 Å². The molecule has 0 aromatic heterocycles. The first kappa shape index (κ1) is 30.7. The first-order valence-electron chi connectivity index (χ1n) is 13.2. The van der Waals surface area contributed by atoms with Gasteiger partial charge in [-0.05, 0) is 65.4 Å². The van der Waals surface area contributed by atoms with E-state index in [0.29, 0.717) is 17.8 Å². The number of fused-ring (bicyclic) bond motifs is 1. The van der Waals surface area contributed by atoms with Crippen molar-refractivity contribution in [3.63, 3.8) is 0 Å². The predicted molar refractivity (Wildman–Crippen MR) is 157 cm³/mol. The number of hydrogen-bond donors (Lipinski definition) is 3. The number of benzene rings is 4.